The smallest absolute Gasteiger partial charge is 0.274 e. The summed E-state index contributed by atoms with van der Waals surface area (Å²) in [5.41, 5.74) is 1.24. The van der Waals surface area contributed by atoms with Crippen LogP contribution in [0.15, 0.2) is 35.1 Å². The van der Waals surface area contributed by atoms with E-state index in [1.54, 1.807) is 30.1 Å². The molecular weight excluding hydrogens is 354 g/mol. The summed E-state index contributed by atoms with van der Waals surface area (Å²) in [5, 5.41) is 14.7. The van der Waals surface area contributed by atoms with Crippen LogP contribution in [0, 0.1) is 12.8 Å². The van der Waals surface area contributed by atoms with E-state index in [-0.39, 0.29) is 29.2 Å². The molecule has 0 radical (unpaired) electrons. The molecule has 1 aliphatic carbocycles. The van der Waals surface area contributed by atoms with Crippen molar-refractivity contribution < 1.29 is 9.90 Å². The lowest BCUT2D eigenvalue weighted by atomic mass is 10.1. The van der Waals surface area contributed by atoms with E-state index in [9.17, 15) is 14.7 Å². The molecule has 0 bridgehead atoms. The van der Waals surface area contributed by atoms with Gasteiger partial charge in [-0.1, -0.05) is 24.1 Å². The van der Waals surface area contributed by atoms with Crippen LogP contribution in [0.5, 0.6) is 0 Å². The zero-order valence-corrected chi connectivity index (χ0v) is 15.6. The normalized spacial score (nSPS) is 19.5. The maximum absolute atomic E-state index is 12.7. The molecule has 0 aliphatic heterocycles. The first-order valence-electron chi connectivity index (χ1n) is 8.67. The molecule has 26 heavy (non-hydrogen) atoms. The summed E-state index contributed by atoms with van der Waals surface area (Å²) < 4.78 is 1.18. The Kier molecular flexibility index (Phi) is 5.44. The summed E-state index contributed by atoms with van der Waals surface area (Å²) in [5.74, 6) is -0.193. The molecule has 0 spiro atoms. The average Bonchev–Trinajstić information content (AvgIpc) is 3.02. The van der Waals surface area contributed by atoms with Crippen LogP contribution in [0.4, 0.5) is 0 Å². The summed E-state index contributed by atoms with van der Waals surface area (Å²) in [6.45, 7) is 2.34. The molecule has 1 N–H and O–H groups in total. The summed E-state index contributed by atoms with van der Waals surface area (Å²) in [7, 11) is 1.69. The third kappa shape index (κ3) is 3.81. The van der Waals surface area contributed by atoms with E-state index in [1.807, 2.05) is 6.92 Å². The van der Waals surface area contributed by atoms with Crippen molar-refractivity contribution in [1.82, 2.24) is 14.7 Å². The van der Waals surface area contributed by atoms with Gasteiger partial charge < -0.3 is 10.0 Å². The highest BCUT2D eigenvalue weighted by Crippen LogP contribution is 2.26. The average molecular weight is 376 g/mol. The predicted octanol–water partition coefficient (Wildman–Crippen LogP) is 2.43. The van der Waals surface area contributed by atoms with Crippen molar-refractivity contribution in [2.75, 3.05) is 13.6 Å². The van der Waals surface area contributed by atoms with Crippen molar-refractivity contribution >= 4 is 17.5 Å². The Labute approximate surface area is 157 Å². The lowest BCUT2D eigenvalue weighted by Gasteiger charge is -2.23. The van der Waals surface area contributed by atoms with Gasteiger partial charge in [0.25, 0.3) is 11.5 Å². The monoisotopic (exact) mass is 375 g/mol. The van der Waals surface area contributed by atoms with Crippen LogP contribution >= 0.6 is 11.6 Å². The van der Waals surface area contributed by atoms with Crippen LogP contribution in [0.25, 0.3) is 5.69 Å². The predicted molar refractivity (Wildman–Crippen MR) is 99.9 cm³/mol. The maximum Gasteiger partial charge on any atom is 0.274 e. The summed E-state index contributed by atoms with van der Waals surface area (Å²) in [4.78, 5) is 26.4. The molecule has 2 atom stereocenters. The van der Waals surface area contributed by atoms with Crippen LogP contribution < -0.4 is 5.56 Å². The van der Waals surface area contributed by atoms with Gasteiger partial charge in [0.05, 0.1) is 11.8 Å². The van der Waals surface area contributed by atoms with Crippen LogP contribution in [-0.2, 0) is 0 Å². The topological polar surface area (TPSA) is 75.4 Å². The Bertz CT molecular complexity index is 881. The van der Waals surface area contributed by atoms with Gasteiger partial charge >= 0.3 is 0 Å². The first-order valence-corrected chi connectivity index (χ1v) is 9.05. The molecule has 2 aromatic rings. The number of rotatable bonds is 4. The van der Waals surface area contributed by atoms with E-state index in [2.05, 4.69) is 5.10 Å². The quantitative estimate of drug-likeness (QED) is 0.890. The number of benzene rings is 1. The number of aliphatic hydroxyl groups excluding tert-OH is 1. The lowest BCUT2D eigenvalue weighted by Crippen LogP contribution is -2.36. The zero-order valence-electron chi connectivity index (χ0n) is 14.9. The van der Waals surface area contributed by atoms with E-state index in [0.717, 1.165) is 24.8 Å². The standard InChI is InChI=1S/C19H22ClN3O3/c1-12-6-7-14(10-15(12)20)23-18(25)9-8-16(21-23)19(26)22(2)11-13-4-3-5-17(13)24/h6-10,13,17,24H,3-5,11H2,1-2H3/t13-,17+/m0/s1. The highest BCUT2D eigenvalue weighted by Gasteiger charge is 2.28. The van der Waals surface area contributed by atoms with Crippen molar-refractivity contribution in [3.05, 3.63) is 57.0 Å². The number of halogens is 1. The minimum absolute atomic E-state index is 0.0887. The first-order chi connectivity index (χ1) is 12.4. The number of nitrogens with zero attached hydrogens (tertiary/aromatic N) is 3. The molecule has 7 heteroatoms. The molecule has 0 unspecified atom stereocenters. The van der Waals surface area contributed by atoms with Gasteiger partial charge in [-0.15, -0.1) is 0 Å². The highest BCUT2D eigenvalue weighted by atomic mass is 35.5. The molecule has 1 aromatic carbocycles. The molecule has 1 heterocycles. The van der Waals surface area contributed by atoms with E-state index in [0.29, 0.717) is 17.3 Å². The SMILES string of the molecule is Cc1ccc(-n2nc(C(=O)N(C)C[C@@H]3CCC[C@H]3O)ccc2=O)cc1Cl. The Morgan fingerprint density at radius 1 is 1.35 bits per heavy atom. The van der Waals surface area contributed by atoms with Gasteiger partial charge in [-0.05, 0) is 43.5 Å². The van der Waals surface area contributed by atoms with Crippen molar-refractivity contribution in [2.45, 2.75) is 32.3 Å². The number of aliphatic hydroxyl groups is 1. The van der Waals surface area contributed by atoms with Gasteiger partial charge in [0, 0.05) is 30.6 Å². The maximum atomic E-state index is 12.7. The third-order valence-electron chi connectivity index (χ3n) is 4.89. The molecule has 6 nitrogen and oxygen atoms in total. The fraction of sp³-hybridized carbons (Fsp3) is 0.421. The molecular formula is C19H22ClN3O3. The van der Waals surface area contributed by atoms with Crippen molar-refractivity contribution in [3.8, 4) is 5.69 Å². The second-order valence-corrected chi connectivity index (χ2v) is 7.25. The third-order valence-corrected chi connectivity index (χ3v) is 5.30. The number of hydrogen-bond acceptors (Lipinski definition) is 4. The lowest BCUT2D eigenvalue weighted by molar-refractivity contribution is 0.0686. The minimum atomic E-state index is -0.359. The second-order valence-electron chi connectivity index (χ2n) is 6.85. The summed E-state index contributed by atoms with van der Waals surface area (Å²) >= 11 is 6.14. The molecule has 138 valence electrons. The molecule has 1 fully saturated rings. The minimum Gasteiger partial charge on any atom is -0.393 e. The fourth-order valence-electron chi connectivity index (χ4n) is 3.28. The zero-order chi connectivity index (χ0) is 18.8. The largest absolute Gasteiger partial charge is 0.393 e. The highest BCUT2D eigenvalue weighted by molar-refractivity contribution is 6.31. The van der Waals surface area contributed by atoms with Gasteiger partial charge in [0.1, 0.15) is 5.69 Å². The van der Waals surface area contributed by atoms with Gasteiger partial charge in [-0.3, -0.25) is 9.59 Å². The van der Waals surface area contributed by atoms with E-state index in [4.69, 9.17) is 11.6 Å². The number of aryl methyl sites for hydroxylation is 1. The van der Waals surface area contributed by atoms with E-state index >= 15 is 0 Å². The van der Waals surface area contributed by atoms with Crippen LogP contribution in [0.3, 0.4) is 0 Å². The van der Waals surface area contributed by atoms with Gasteiger partial charge in [0.2, 0.25) is 0 Å². The van der Waals surface area contributed by atoms with Crippen LogP contribution in [0.1, 0.15) is 35.3 Å². The first kappa shape index (κ1) is 18.6. The number of hydrogen-bond donors (Lipinski definition) is 1. The van der Waals surface area contributed by atoms with Crippen LogP contribution in [0.2, 0.25) is 5.02 Å². The number of aromatic nitrogens is 2. The molecule has 1 aliphatic rings. The van der Waals surface area contributed by atoms with Crippen LogP contribution in [-0.4, -0.2) is 45.4 Å². The summed E-state index contributed by atoms with van der Waals surface area (Å²) in [6.07, 6.45) is 2.31. The van der Waals surface area contributed by atoms with Crippen molar-refractivity contribution in [3.63, 3.8) is 0 Å². The van der Waals surface area contributed by atoms with Gasteiger partial charge in [-0.25, -0.2) is 0 Å². The van der Waals surface area contributed by atoms with Crippen molar-refractivity contribution in [1.29, 1.82) is 0 Å². The van der Waals surface area contributed by atoms with E-state index < -0.39 is 0 Å². The molecule has 1 saturated carbocycles. The second kappa shape index (κ2) is 7.60. The number of carbonyl (C=O) groups is 1. The number of amides is 1. The number of carbonyl (C=O) groups excluding carboxylic acids is 1. The fourth-order valence-corrected chi connectivity index (χ4v) is 3.46. The molecule has 1 aromatic heterocycles. The summed E-state index contributed by atoms with van der Waals surface area (Å²) in [6, 6.07) is 7.94. The Morgan fingerprint density at radius 3 is 2.77 bits per heavy atom. The van der Waals surface area contributed by atoms with Gasteiger partial charge in [-0.2, -0.15) is 9.78 Å². The Hall–Kier alpha value is -2.18. The van der Waals surface area contributed by atoms with E-state index in [1.165, 1.54) is 16.8 Å². The molecule has 3 rings (SSSR count). The van der Waals surface area contributed by atoms with Gasteiger partial charge in [0.15, 0.2) is 0 Å². The molecule has 0 saturated heterocycles. The Morgan fingerprint density at radius 2 is 2.12 bits per heavy atom. The Balaban J connectivity index is 1.85. The molecule has 1 amide bonds. The van der Waals surface area contributed by atoms with Crippen molar-refractivity contribution in [2.24, 2.45) is 5.92 Å².